The first-order chi connectivity index (χ1) is 8.84. The summed E-state index contributed by atoms with van der Waals surface area (Å²) in [5.41, 5.74) is 2.30. The monoisotopic (exact) mass is 256 g/mol. The molecular weight excluding hydrogens is 244 g/mol. The lowest BCUT2D eigenvalue weighted by molar-refractivity contribution is 1.02. The number of halogens is 1. The molecule has 0 saturated carbocycles. The van der Waals surface area contributed by atoms with E-state index in [1.54, 1.807) is 0 Å². The quantitative estimate of drug-likeness (QED) is 0.802. The third kappa shape index (κ3) is 2.12. The highest BCUT2D eigenvalue weighted by Crippen LogP contribution is 2.22. The van der Waals surface area contributed by atoms with E-state index in [1.165, 1.54) is 0 Å². The van der Waals surface area contributed by atoms with Gasteiger partial charge in [-0.15, -0.1) is 0 Å². The van der Waals surface area contributed by atoms with Gasteiger partial charge in [-0.3, -0.25) is 4.99 Å². The first kappa shape index (κ1) is 11.3. The Balaban J connectivity index is 1.94. The molecule has 2 aromatic carbocycles. The van der Waals surface area contributed by atoms with E-state index >= 15 is 0 Å². The predicted octanol–water partition coefficient (Wildman–Crippen LogP) is 3.61. The number of aliphatic imine (C=N–C) groups is 1. The van der Waals surface area contributed by atoms with Crippen molar-refractivity contribution in [3.05, 3.63) is 65.2 Å². The summed E-state index contributed by atoms with van der Waals surface area (Å²) in [6.07, 6.45) is 0. The van der Waals surface area contributed by atoms with Crippen molar-refractivity contribution in [3.8, 4) is 0 Å². The molecule has 2 aromatic rings. The molecule has 1 heterocycles. The van der Waals surface area contributed by atoms with Gasteiger partial charge in [-0.05, 0) is 24.3 Å². The van der Waals surface area contributed by atoms with Crippen LogP contribution in [-0.4, -0.2) is 18.9 Å². The molecule has 0 aliphatic carbocycles. The van der Waals surface area contributed by atoms with Crippen LogP contribution in [-0.2, 0) is 0 Å². The van der Waals surface area contributed by atoms with E-state index in [0.29, 0.717) is 0 Å². The van der Waals surface area contributed by atoms with Gasteiger partial charge in [-0.1, -0.05) is 41.9 Å². The molecule has 0 aromatic heterocycles. The van der Waals surface area contributed by atoms with Gasteiger partial charge in [0.15, 0.2) is 0 Å². The number of hydrogen-bond donors (Lipinski definition) is 0. The number of rotatable bonds is 2. The Morgan fingerprint density at radius 3 is 2.39 bits per heavy atom. The number of nitrogens with zero attached hydrogens (tertiary/aromatic N) is 2. The third-order valence-electron chi connectivity index (χ3n) is 3.01. The largest absolute Gasteiger partial charge is 0.324 e. The molecule has 2 nitrogen and oxygen atoms in total. The van der Waals surface area contributed by atoms with E-state index in [9.17, 15) is 0 Å². The van der Waals surface area contributed by atoms with E-state index in [-0.39, 0.29) is 0 Å². The molecule has 3 heteroatoms. The molecule has 0 saturated heterocycles. The third-order valence-corrected chi connectivity index (χ3v) is 3.26. The second-order valence-electron chi connectivity index (χ2n) is 4.20. The Bertz CT molecular complexity index is 561. The first-order valence-electron chi connectivity index (χ1n) is 5.97. The molecule has 0 spiro atoms. The molecule has 1 aliphatic heterocycles. The fourth-order valence-electron chi connectivity index (χ4n) is 2.15. The van der Waals surface area contributed by atoms with Crippen LogP contribution in [0.4, 0.5) is 5.69 Å². The molecule has 90 valence electrons. The molecule has 0 amide bonds. The van der Waals surface area contributed by atoms with E-state index in [1.807, 2.05) is 42.5 Å². The van der Waals surface area contributed by atoms with Crippen LogP contribution >= 0.6 is 11.6 Å². The fourth-order valence-corrected chi connectivity index (χ4v) is 2.28. The van der Waals surface area contributed by atoms with Gasteiger partial charge < -0.3 is 4.90 Å². The van der Waals surface area contributed by atoms with Crippen LogP contribution in [0.15, 0.2) is 59.6 Å². The van der Waals surface area contributed by atoms with Crippen LogP contribution in [0.3, 0.4) is 0 Å². The standard InChI is InChI=1S/C15H13ClN2/c16-13-6-8-14(9-7-13)18-11-10-17-15(18)12-4-2-1-3-5-12/h1-9H,10-11H2. The topological polar surface area (TPSA) is 15.6 Å². The van der Waals surface area contributed by atoms with Gasteiger partial charge in [0, 0.05) is 22.8 Å². The summed E-state index contributed by atoms with van der Waals surface area (Å²) in [6.45, 7) is 1.76. The van der Waals surface area contributed by atoms with Gasteiger partial charge in [0.1, 0.15) is 5.84 Å². The Morgan fingerprint density at radius 2 is 1.67 bits per heavy atom. The van der Waals surface area contributed by atoms with Crippen molar-refractivity contribution in [2.45, 2.75) is 0 Å². The maximum Gasteiger partial charge on any atom is 0.135 e. The minimum Gasteiger partial charge on any atom is -0.324 e. The van der Waals surface area contributed by atoms with Crippen LogP contribution < -0.4 is 4.90 Å². The number of benzene rings is 2. The molecule has 0 fully saturated rings. The Morgan fingerprint density at radius 1 is 0.944 bits per heavy atom. The summed E-state index contributed by atoms with van der Waals surface area (Å²) in [7, 11) is 0. The van der Waals surface area contributed by atoms with E-state index < -0.39 is 0 Å². The van der Waals surface area contributed by atoms with E-state index in [0.717, 1.165) is 35.2 Å². The molecule has 18 heavy (non-hydrogen) atoms. The summed E-state index contributed by atoms with van der Waals surface area (Å²) in [6, 6.07) is 18.2. The average molecular weight is 257 g/mol. The summed E-state index contributed by atoms with van der Waals surface area (Å²) < 4.78 is 0. The number of hydrogen-bond acceptors (Lipinski definition) is 2. The fraction of sp³-hybridized carbons (Fsp3) is 0.133. The molecule has 0 radical (unpaired) electrons. The Kier molecular flexibility index (Phi) is 3.03. The SMILES string of the molecule is Clc1ccc(N2CCN=C2c2ccccc2)cc1. The number of anilines is 1. The summed E-state index contributed by atoms with van der Waals surface area (Å²) in [5.74, 6) is 1.04. The predicted molar refractivity (Wildman–Crippen MR) is 76.6 cm³/mol. The maximum atomic E-state index is 5.92. The lowest BCUT2D eigenvalue weighted by Crippen LogP contribution is -2.27. The van der Waals surface area contributed by atoms with E-state index in [2.05, 4.69) is 22.0 Å². The molecule has 0 unspecified atom stereocenters. The molecular formula is C15H13ClN2. The number of amidine groups is 1. The second kappa shape index (κ2) is 4.83. The van der Waals surface area contributed by atoms with Crippen molar-refractivity contribution in [3.63, 3.8) is 0 Å². The zero-order chi connectivity index (χ0) is 12.4. The van der Waals surface area contributed by atoms with Crippen molar-refractivity contribution < 1.29 is 0 Å². The van der Waals surface area contributed by atoms with Crippen LogP contribution in [0.5, 0.6) is 0 Å². The van der Waals surface area contributed by atoms with Gasteiger partial charge in [-0.2, -0.15) is 0 Å². The van der Waals surface area contributed by atoms with Gasteiger partial charge in [0.2, 0.25) is 0 Å². The normalized spacial score (nSPS) is 14.7. The van der Waals surface area contributed by atoms with E-state index in [4.69, 9.17) is 11.6 Å². The van der Waals surface area contributed by atoms with Crippen molar-refractivity contribution in [1.29, 1.82) is 0 Å². The van der Waals surface area contributed by atoms with Crippen LogP contribution in [0.2, 0.25) is 5.02 Å². The van der Waals surface area contributed by atoms with Crippen molar-refractivity contribution in [2.75, 3.05) is 18.0 Å². The van der Waals surface area contributed by atoms with Crippen molar-refractivity contribution in [2.24, 2.45) is 4.99 Å². The second-order valence-corrected chi connectivity index (χ2v) is 4.64. The minimum absolute atomic E-state index is 0.760. The molecule has 1 aliphatic rings. The van der Waals surface area contributed by atoms with Gasteiger partial charge in [-0.25, -0.2) is 0 Å². The highest BCUT2D eigenvalue weighted by Gasteiger charge is 2.19. The zero-order valence-electron chi connectivity index (χ0n) is 9.88. The average Bonchev–Trinajstić information content (AvgIpc) is 2.90. The van der Waals surface area contributed by atoms with Gasteiger partial charge in [0.25, 0.3) is 0 Å². The van der Waals surface area contributed by atoms with Gasteiger partial charge in [0.05, 0.1) is 6.54 Å². The highest BCUT2D eigenvalue weighted by atomic mass is 35.5. The van der Waals surface area contributed by atoms with Crippen LogP contribution in [0.25, 0.3) is 0 Å². The zero-order valence-corrected chi connectivity index (χ0v) is 10.6. The van der Waals surface area contributed by atoms with Crippen molar-refractivity contribution >= 4 is 23.1 Å². The molecule has 0 bridgehead atoms. The lowest BCUT2D eigenvalue weighted by Gasteiger charge is -2.20. The first-order valence-corrected chi connectivity index (χ1v) is 6.35. The minimum atomic E-state index is 0.760. The summed E-state index contributed by atoms with van der Waals surface area (Å²) in [4.78, 5) is 6.82. The lowest BCUT2D eigenvalue weighted by atomic mass is 10.2. The van der Waals surface area contributed by atoms with Crippen LogP contribution in [0.1, 0.15) is 5.56 Å². The Hall–Kier alpha value is -1.80. The molecule has 3 rings (SSSR count). The molecule has 0 atom stereocenters. The van der Waals surface area contributed by atoms with Gasteiger partial charge >= 0.3 is 0 Å². The summed E-state index contributed by atoms with van der Waals surface area (Å²) in [5, 5.41) is 0.760. The smallest absolute Gasteiger partial charge is 0.135 e. The highest BCUT2D eigenvalue weighted by molar-refractivity contribution is 6.30. The Labute approximate surface area is 112 Å². The molecule has 0 N–H and O–H groups in total. The summed E-state index contributed by atoms with van der Waals surface area (Å²) >= 11 is 5.92. The maximum absolute atomic E-state index is 5.92. The van der Waals surface area contributed by atoms with Crippen LogP contribution in [0, 0.1) is 0 Å². The van der Waals surface area contributed by atoms with Crippen molar-refractivity contribution in [1.82, 2.24) is 0 Å².